The van der Waals surface area contributed by atoms with Gasteiger partial charge in [0.05, 0.1) is 6.20 Å². The quantitative estimate of drug-likeness (QED) is 0.786. The zero-order chi connectivity index (χ0) is 19.1. The molecule has 0 unspecified atom stereocenters. The number of aliphatic carboxylic acids is 1. The van der Waals surface area contributed by atoms with Gasteiger partial charge in [-0.2, -0.15) is 0 Å². The standard InChI is InChI=1S/C20H24N2O4/c1-14(2)11-22(12-19(23)24)20(25)17-6-4-5-16(9-17)13-26-18-8-7-15(3)21-10-18/h4-10,14H,11-13H2,1-3H3,(H,23,24). The van der Waals surface area contributed by atoms with Crippen LogP contribution in [0.2, 0.25) is 0 Å². The van der Waals surface area contributed by atoms with Crippen LogP contribution < -0.4 is 4.74 Å². The van der Waals surface area contributed by atoms with Crippen molar-refractivity contribution in [2.24, 2.45) is 5.92 Å². The summed E-state index contributed by atoms with van der Waals surface area (Å²) in [6, 6.07) is 10.8. The van der Waals surface area contributed by atoms with Crippen LogP contribution in [0.25, 0.3) is 0 Å². The number of carbonyl (C=O) groups is 2. The Balaban J connectivity index is 2.09. The molecule has 0 saturated carbocycles. The lowest BCUT2D eigenvalue weighted by molar-refractivity contribution is -0.137. The molecule has 1 aromatic heterocycles. The fourth-order valence-corrected chi connectivity index (χ4v) is 2.51. The first-order valence-corrected chi connectivity index (χ1v) is 8.50. The van der Waals surface area contributed by atoms with Crippen molar-refractivity contribution in [3.05, 3.63) is 59.4 Å². The van der Waals surface area contributed by atoms with E-state index in [1.807, 2.05) is 39.0 Å². The van der Waals surface area contributed by atoms with Crippen LogP contribution in [0.5, 0.6) is 5.75 Å². The Morgan fingerprint density at radius 1 is 1.23 bits per heavy atom. The summed E-state index contributed by atoms with van der Waals surface area (Å²) in [7, 11) is 0. The van der Waals surface area contributed by atoms with Crippen molar-refractivity contribution in [1.82, 2.24) is 9.88 Å². The number of ether oxygens (including phenoxy) is 1. The number of carbonyl (C=O) groups excluding carboxylic acids is 1. The topological polar surface area (TPSA) is 79.7 Å². The van der Waals surface area contributed by atoms with Crippen LogP contribution >= 0.6 is 0 Å². The second-order valence-electron chi connectivity index (χ2n) is 6.60. The number of carboxylic acids is 1. The van der Waals surface area contributed by atoms with E-state index in [1.165, 1.54) is 4.90 Å². The third-order valence-corrected chi connectivity index (χ3v) is 3.66. The Bertz CT molecular complexity index is 757. The summed E-state index contributed by atoms with van der Waals surface area (Å²) in [6.07, 6.45) is 1.65. The lowest BCUT2D eigenvalue weighted by Gasteiger charge is -2.23. The number of nitrogens with zero attached hydrogens (tertiary/aromatic N) is 2. The molecular weight excluding hydrogens is 332 g/mol. The molecule has 1 aromatic carbocycles. The molecule has 2 aromatic rings. The van der Waals surface area contributed by atoms with Crippen molar-refractivity contribution in [3.8, 4) is 5.75 Å². The number of rotatable bonds is 8. The predicted molar refractivity (Wildman–Crippen MR) is 98.1 cm³/mol. The molecule has 0 bridgehead atoms. The van der Waals surface area contributed by atoms with E-state index < -0.39 is 5.97 Å². The number of aromatic nitrogens is 1. The van der Waals surface area contributed by atoms with E-state index in [4.69, 9.17) is 9.84 Å². The molecule has 1 N–H and O–H groups in total. The number of aryl methyl sites for hydroxylation is 1. The van der Waals surface area contributed by atoms with Gasteiger partial charge in [0.15, 0.2) is 0 Å². The van der Waals surface area contributed by atoms with E-state index in [2.05, 4.69) is 4.98 Å². The van der Waals surface area contributed by atoms with Crippen molar-refractivity contribution in [3.63, 3.8) is 0 Å². The summed E-state index contributed by atoms with van der Waals surface area (Å²) in [5.41, 5.74) is 2.19. The van der Waals surface area contributed by atoms with Crippen molar-refractivity contribution in [2.45, 2.75) is 27.4 Å². The number of amides is 1. The van der Waals surface area contributed by atoms with E-state index in [0.29, 0.717) is 24.5 Å². The Kier molecular flexibility index (Phi) is 6.72. The highest BCUT2D eigenvalue weighted by Crippen LogP contribution is 2.14. The van der Waals surface area contributed by atoms with E-state index in [0.717, 1.165) is 11.3 Å². The zero-order valence-electron chi connectivity index (χ0n) is 15.3. The number of benzene rings is 1. The normalized spacial score (nSPS) is 10.6. The van der Waals surface area contributed by atoms with Gasteiger partial charge in [0.2, 0.25) is 0 Å². The fraction of sp³-hybridized carbons (Fsp3) is 0.350. The minimum atomic E-state index is -1.02. The molecule has 0 aliphatic heterocycles. The number of hydrogen-bond donors (Lipinski definition) is 1. The van der Waals surface area contributed by atoms with Gasteiger partial charge in [0, 0.05) is 17.8 Å². The van der Waals surface area contributed by atoms with Crippen LogP contribution in [-0.2, 0) is 11.4 Å². The maximum absolute atomic E-state index is 12.7. The second-order valence-corrected chi connectivity index (χ2v) is 6.60. The summed E-state index contributed by atoms with van der Waals surface area (Å²) in [5, 5.41) is 9.06. The van der Waals surface area contributed by atoms with Gasteiger partial charge in [-0.25, -0.2) is 0 Å². The molecule has 0 fully saturated rings. The SMILES string of the molecule is Cc1ccc(OCc2cccc(C(=O)N(CC(=O)O)CC(C)C)c2)cn1. The molecule has 0 radical (unpaired) electrons. The molecule has 2 rings (SSSR count). The molecule has 0 atom stereocenters. The maximum Gasteiger partial charge on any atom is 0.323 e. The van der Waals surface area contributed by atoms with Crippen molar-refractivity contribution in [2.75, 3.05) is 13.1 Å². The molecule has 0 saturated heterocycles. The fourth-order valence-electron chi connectivity index (χ4n) is 2.51. The third-order valence-electron chi connectivity index (χ3n) is 3.66. The van der Waals surface area contributed by atoms with Crippen LogP contribution in [-0.4, -0.2) is 40.0 Å². The summed E-state index contributed by atoms with van der Waals surface area (Å²) < 4.78 is 5.69. The van der Waals surface area contributed by atoms with Gasteiger partial charge >= 0.3 is 5.97 Å². The Morgan fingerprint density at radius 2 is 2.00 bits per heavy atom. The van der Waals surface area contributed by atoms with Crippen molar-refractivity contribution < 1.29 is 19.4 Å². The predicted octanol–water partition coefficient (Wildman–Crippen LogP) is 3.15. The van der Waals surface area contributed by atoms with Gasteiger partial charge in [-0.15, -0.1) is 0 Å². The average molecular weight is 356 g/mol. The van der Waals surface area contributed by atoms with E-state index in [9.17, 15) is 9.59 Å². The monoisotopic (exact) mass is 356 g/mol. The number of hydrogen-bond acceptors (Lipinski definition) is 4. The smallest absolute Gasteiger partial charge is 0.323 e. The lowest BCUT2D eigenvalue weighted by atomic mass is 10.1. The summed E-state index contributed by atoms with van der Waals surface area (Å²) in [6.45, 7) is 6.17. The highest BCUT2D eigenvalue weighted by molar-refractivity contribution is 5.96. The Morgan fingerprint density at radius 3 is 2.62 bits per heavy atom. The highest BCUT2D eigenvalue weighted by Gasteiger charge is 2.19. The van der Waals surface area contributed by atoms with Gasteiger partial charge in [-0.05, 0) is 42.7 Å². The second kappa shape index (κ2) is 8.99. The Labute approximate surface area is 153 Å². The molecule has 6 heteroatoms. The average Bonchev–Trinajstić information content (AvgIpc) is 2.59. The number of carboxylic acid groups (broad SMARTS) is 1. The summed E-state index contributed by atoms with van der Waals surface area (Å²) in [4.78, 5) is 29.3. The highest BCUT2D eigenvalue weighted by atomic mass is 16.5. The zero-order valence-corrected chi connectivity index (χ0v) is 15.3. The first-order valence-electron chi connectivity index (χ1n) is 8.50. The molecule has 1 heterocycles. The van der Waals surface area contributed by atoms with Gasteiger partial charge in [-0.1, -0.05) is 26.0 Å². The van der Waals surface area contributed by atoms with Gasteiger partial charge in [0.1, 0.15) is 18.9 Å². The molecule has 1 amide bonds. The minimum absolute atomic E-state index is 0.179. The first-order chi connectivity index (χ1) is 12.3. The van der Waals surface area contributed by atoms with Gasteiger partial charge in [0.25, 0.3) is 5.91 Å². The molecule has 0 aliphatic carbocycles. The van der Waals surface area contributed by atoms with Gasteiger partial charge < -0.3 is 14.7 Å². The Hall–Kier alpha value is -2.89. The van der Waals surface area contributed by atoms with Crippen LogP contribution in [0.4, 0.5) is 0 Å². The first kappa shape index (κ1) is 19.4. The maximum atomic E-state index is 12.7. The molecule has 6 nitrogen and oxygen atoms in total. The lowest BCUT2D eigenvalue weighted by Crippen LogP contribution is -2.38. The summed E-state index contributed by atoms with van der Waals surface area (Å²) >= 11 is 0. The molecule has 0 aliphatic rings. The van der Waals surface area contributed by atoms with Crippen LogP contribution in [0.3, 0.4) is 0 Å². The third kappa shape index (κ3) is 5.88. The molecule has 138 valence electrons. The van der Waals surface area contributed by atoms with E-state index in [1.54, 1.807) is 24.4 Å². The number of pyridine rings is 1. The molecule has 0 spiro atoms. The molecule has 26 heavy (non-hydrogen) atoms. The molecular formula is C20H24N2O4. The summed E-state index contributed by atoms with van der Waals surface area (Å²) in [5.74, 6) is -0.483. The van der Waals surface area contributed by atoms with Crippen molar-refractivity contribution >= 4 is 11.9 Å². The van der Waals surface area contributed by atoms with Crippen molar-refractivity contribution in [1.29, 1.82) is 0 Å². The van der Waals surface area contributed by atoms with Crippen LogP contribution in [0.1, 0.15) is 35.5 Å². The van der Waals surface area contributed by atoms with Crippen LogP contribution in [0, 0.1) is 12.8 Å². The van der Waals surface area contributed by atoms with Gasteiger partial charge in [-0.3, -0.25) is 14.6 Å². The largest absolute Gasteiger partial charge is 0.487 e. The van der Waals surface area contributed by atoms with Crippen LogP contribution in [0.15, 0.2) is 42.6 Å². The van der Waals surface area contributed by atoms with E-state index in [-0.39, 0.29) is 18.4 Å². The van der Waals surface area contributed by atoms with E-state index >= 15 is 0 Å². The minimum Gasteiger partial charge on any atom is -0.487 e.